The van der Waals surface area contributed by atoms with E-state index in [1.165, 1.54) is 0 Å². The third kappa shape index (κ3) is 2.40. The molecule has 110 valence electrons. The molecule has 0 amide bonds. The Morgan fingerprint density at radius 2 is 2.14 bits per heavy atom. The van der Waals surface area contributed by atoms with Gasteiger partial charge in [0.05, 0.1) is 16.6 Å². The maximum Gasteiger partial charge on any atom is 0.155 e. The molecule has 0 radical (unpaired) electrons. The summed E-state index contributed by atoms with van der Waals surface area (Å²) in [5.74, 6) is 2.28. The molecule has 0 saturated heterocycles. The van der Waals surface area contributed by atoms with Gasteiger partial charge < -0.3 is 9.13 Å². The molecule has 0 aliphatic carbocycles. The predicted molar refractivity (Wildman–Crippen MR) is 84.0 cm³/mol. The zero-order valence-electron chi connectivity index (χ0n) is 11.8. The number of benzene rings is 1. The van der Waals surface area contributed by atoms with Crippen molar-refractivity contribution in [3.8, 4) is 0 Å². The monoisotopic (exact) mass is 323 g/mol. The van der Waals surface area contributed by atoms with Crippen LogP contribution in [0.25, 0.3) is 11.0 Å². The van der Waals surface area contributed by atoms with E-state index in [1.807, 2.05) is 29.8 Å². The van der Waals surface area contributed by atoms with Crippen molar-refractivity contribution in [2.75, 3.05) is 5.88 Å². The van der Waals surface area contributed by atoms with Gasteiger partial charge in [0.15, 0.2) is 5.82 Å². The third-order valence-electron chi connectivity index (χ3n) is 3.57. The smallest absolute Gasteiger partial charge is 0.155 e. The fourth-order valence-corrected chi connectivity index (χ4v) is 2.99. The minimum atomic E-state index is -0.000756. The van der Waals surface area contributed by atoms with Gasteiger partial charge in [0.1, 0.15) is 17.7 Å². The van der Waals surface area contributed by atoms with Gasteiger partial charge >= 0.3 is 0 Å². The largest absolute Gasteiger partial charge is 0.319 e. The number of aromatic nitrogens is 5. The van der Waals surface area contributed by atoms with Crippen molar-refractivity contribution in [1.29, 1.82) is 0 Å². The minimum absolute atomic E-state index is 0.000756. The van der Waals surface area contributed by atoms with E-state index in [-0.39, 0.29) is 6.04 Å². The highest BCUT2D eigenvalue weighted by Gasteiger charge is 2.21. The van der Waals surface area contributed by atoms with Crippen LogP contribution in [-0.4, -0.2) is 30.2 Å². The van der Waals surface area contributed by atoms with Crippen LogP contribution in [-0.2, 0) is 13.5 Å². The Hall–Kier alpha value is -1.59. The van der Waals surface area contributed by atoms with Gasteiger partial charge in [0.25, 0.3) is 0 Å². The highest BCUT2D eigenvalue weighted by molar-refractivity contribution is 6.34. The predicted octanol–water partition coefficient (Wildman–Crippen LogP) is 3.21. The van der Waals surface area contributed by atoms with E-state index in [2.05, 4.69) is 26.7 Å². The second-order valence-corrected chi connectivity index (χ2v) is 5.71. The molecule has 1 unspecified atom stereocenters. The van der Waals surface area contributed by atoms with E-state index in [1.54, 1.807) is 6.33 Å². The molecule has 7 heteroatoms. The van der Waals surface area contributed by atoms with E-state index < -0.39 is 0 Å². The van der Waals surface area contributed by atoms with Crippen molar-refractivity contribution in [1.82, 2.24) is 24.3 Å². The molecule has 21 heavy (non-hydrogen) atoms. The lowest BCUT2D eigenvalue weighted by Gasteiger charge is -2.16. The molecular formula is C14H15Cl2N5. The maximum absolute atomic E-state index is 6.26. The first-order valence-electron chi connectivity index (χ1n) is 6.68. The van der Waals surface area contributed by atoms with Crippen LogP contribution >= 0.6 is 23.2 Å². The number of imidazole rings is 1. The normalized spacial score (nSPS) is 13.0. The van der Waals surface area contributed by atoms with Crippen molar-refractivity contribution < 1.29 is 0 Å². The summed E-state index contributed by atoms with van der Waals surface area (Å²) in [6.07, 6.45) is 2.37. The van der Waals surface area contributed by atoms with Crippen molar-refractivity contribution in [3.63, 3.8) is 0 Å². The van der Waals surface area contributed by atoms with Gasteiger partial charge in [-0.3, -0.25) is 0 Å². The van der Waals surface area contributed by atoms with Crippen LogP contribution in [0.3, 0.4) is 0 Å². The van der Waals surface area contributed by atoms with E-state index in [4.69, 9.17) is 23.2 Å². The molecule has 5 nitrogen and oxygen atoms in total. The highest BCUT2D eigenvalue weighted by Crippen LogP contribution is 2.29. The van der Waals surface area contributed by atoms with E-state index in [9.17, 15) is 0 Å². The van der Waals surface area contributed by atoms with Crippen LogP contribution in [0.5, 0.6) is 0 Å². The van der Waals surface area contributed by atoms with Gasteiger partial charge in [-0.25, -0.2) is 4.98 Å². The van der Waals surface area contributed by atoms with Gasteiger partial charge in [0, 0.05) is 19.3 Å². The Morgan fingerprint density at radius 3 is 2.81 bits per heavy atom. The lowest BCUT2D eigenvalue weighted by atomic mass is 10.2. The van der Waals surface area contributed by atoms with Crippen LogP contribution in [0, 0.1) is 0 Å². The minimum Gasteiger partial charge on any atom is -0.319 e. The van der Waals surface area contributed by atoms with Crippen molar-refractivity contribution >= 4 is 34.2 Å². The van der Waals surface area contributed by atoms with E-state index in [0.29, 0.717) is 17.3 Å². The first-order chi connectivity index (χ1) is 10.1. The van der Waals surface area contributed by atoms with Gasteiger partial charge in [-0.15, -0.1) is 21.8 Å². The summed E-state index contributed by atoms with van der Waals surface area (Å²) in [7, 11) is 1.93. The molecule has 0 saturated carbocycles. The number of aryl methyl sites for hydroxylation is 2. The lowest BCUT2D eigenvalue weighted by Crippen LogP contribution is -2.15. The Morgan fingerprint density at radius 1 is 1.33 bits per heavy atom. The molecule has 0 aliphatic heterocycles. The maximum atomic E-state index is 6.26. The summed E-state index contributed by atoms with van der Waals surface area (Å²) < 4.78 is 4.04. The number of rotatable bonds is 4. The second-order valence-electron chi connectivity index (χ2n) is 4.92. The number of nitrogens with zero attached hydrogens (tertiary/aromatic N) is 5. The lowest BCUT2D eigenvalue weighted by molar-refractivity contribution is 0.566. The van der Waals surface area contributed by atoms with Gasteiger partial charge in [-0.05, 0) is 19.1 Å². The first-order valence-corrected chi connectivity index (χ1v) is 7.60. The number of hydrogen-bond acceptors (Lipinski definition) is 3. The van der Waals surface area contributed by atoms with Crippen LogP contribution in [0.1, 0.15) is 24.6 Å². The summed E-state index contributed by atoms with van der Waals surface area (Å²) in [6, 6.07) is 5.79. The Kier molecular flexibility index (Phi) is 3.87. The first kappa shape index (κ1) is 14.4. The molecule has 2 heterocycles. The molecular weight excluding hydrogens is 309 g/mol. The zero-order chi connectivity index (χ0) is 15.0. The van der Waals surface area contributed by atoms with Crippen LogP contribution in [0.4, 0.5) is 0 Å². The quantitative estimate of drug-likeness (QED) is 0.693. The molecule has 0 N–H and O–H groups in total. The van der Waals surface area contributed by atoms with Crippen LogP contribution in [0.2, 0.25) is 5.02 Å². The summed E-state index contributed by atoms with van der Waals surface area (Å²) in [5.41, 5.74) is 1.78. The number of hydrogen-bond donors (Lipinski definition) is 0. The number of halogens is 2. The SMILES string of the molecule is CC(c1nncn1C)n1c(CCCl)nc2c(Cl)cccc21. The van der Waals surface area contributed by atoms with Crippen molar-refractivity contribution in [3.05, 3.63) is 41.2 Å². The average molecular weight is 324 g/mol. The molecule has 2 aromatic heterocycles. The topological polar surface area (TPSA) is 48.5 Å². The molecule has 3 rings (SSSR count). The fourth-order valence-electron chi connectivity index (χ4n) is 2.61. The summed E-state index contributed by atoms with van der Waals surface area (Å²) in [6.45, 7) is 2.07. The molecule has 1 aromatic carbocycles. The molecule has 1 atom stereocenters. The molecule has 0 spiro atoms. The van der Waals surface area contributed by atoms with Crippen molar-refractivity contribution in [2.45, 2.75) is 19.4 Å². The number of alkyl halides is 1. The summed E-state index contributed by atoms with van der Waals surface area (Å²) in [5, 5.41) is 8.80. The average Bonchev–Trinajstić information content (AvgIpc) is 3.03. The third-order valence-corrected chi connectivity index (χ3v) is 4.06. The Bertz CT molecular complexity index is 777. The number of para-hydroxylation sites is 1. The molecule has 0 aliphatic rings. The molecule has 0 bridgehead atoms. The molecule has 0 fully saturated rings. The zero-order valence-corrected chi connectivity index (χ0v) is 13.3. The Labute approximate surface area is 132 Å². The Balaban J connectivity index is 2.22. The van der Waals surface area contributed by atoms with E-state index in [0.717, 1.165) is 22.7 Å². The number of fused-ring (bicyclic) bond motifs is 1. The van der Waals surface area contributed by atoms with Gasteiger partial charge in [-0.1, -0.05) is 17.7 Å². The van der Waals surface area contributed by atoms with Gasteiger partial charge in [0.2, 0.25) is 0 Å². The van der Waals surface area contributed by atoms with Crippen LogP contribution in [0.15, 0.2) is 24.5 Å². The fraction of sp³-hybridized carbons (Fsp3) is 0.357. The molecule has 3 aromatic rings. The highest BCUT2D eigenvalue weighted by atomic mass is 35.5. The summed E-state index contributed by atoms with van der Waals surface area (Å²) >= 11 is 12.2. The summed E-state index contributed by atoms with van der Waals surface area (Å²) in [4.78, 5) is 4.65. The van der Waals surface area contributed by atoms with Gasteiger partial charge in [-0.2, -0.15) is 0 Å². The van der Waals surface area contributed by atoms with E-state index >= 15 is 0 Å². The second kappa shape index (κ2) is 5.66. The van der Waals surface area contributed by atoms with Crippen LogP contribution < -0.4 is 0 Å². The standard InChI is InChI=1S/C14H15Cl2N5/c1-9(14-19-17-8-20(14)2)21-11-5-3-4-10(16)13(11)18-12(21)6-7-15/h3-5,8-9H,6-7H2,1-2H3. The van der Waals surface area contributed by atoms with Crippen molar-refractivity contribution in [2.24, 2.45) is 7.05 Å².